The largest absolute Gasteiger partial charge is 0.349 e. The van der Waals surface area contributed by atoms with Crippen LogP contribution in [0.4, 0.5) is 0 Å². The van der Waals surface area contributed by atoms with Gasteiger partial charge in [0.2, 0.25) is 0 Å². The molecule has 1 aromatic carbocycles. The molecule has 4 nitrogen and oxygen atoms in total. The number of thioether (sulfide) groups is 1. The Morgan fingerprint density at radius 3 is 2.74 bits per heavy atom. The zero-order valence-corrected chi connectivity index (χ0v) is 17.5. The van der Waals surface area contributed by atoms with Crippen molar-refractivity contribution in [2.45, 2.75) is 57.9 Å². The Kier molecular flexibility index (Phi) is 4.93. The minimum atomic E-state index is -0.0789. The second-order valence-corrected chi connectivity index (χ2v) is 9.97. The van der Waals surface area contributed by atoms with E-state index >= 15 is 0 Å². The second kappa shape index (κ2) is 7.10. The van der Waals surface area contributed by atoms with E-state index in [9.17, 15) is 4.79 Å². The zero-order chi connectivity index (χ0) is 19.2. The van der Waals surface area contributed by atoms with E-state index in [1.54, 1.807) is 0 Å². The lowest BCUT2D eigenvalue weighted by molar-refractivity contribution is 0.0946. The summed E-state index contributed by atoms with van der Waals surface area (Å²) in [5.41, 5.74) is 5.30. The summed E-state index contributed by atoms with van der Waals surface area (Å²) in [7, 11) is 0. The highest BCUT2D eigenvalue weighted by Gasteiger charge is 2.28. The topological polar surface area (TPSA) is 54.0 Å². The van der Waals surface area contributed by atoms with Crippen molar-refractivity contribution in [3.05, 3.63) is 40.6 Å². The van der Waals surface area contributed by atoms with Gasteiger partial charge < -0.3 is 10.6 Å². The number of hydrogen-bond donors (Lipinski definition) is 2. The van der Waals surface area contributed by atoms with E-state index in [2.05, 4.69) is 50.5 Å². The first-order valence-electron chi connectivity index (χ1n) is 9.88. The van der Waals surface area contributed by atoms with E-state index in [1.165, 1.54) is 29.4 Å². The van der Waals surface area contributed by atoms with Gasteiger partial charge in [-0.1, -0.05) is 26.8 Å². The summed E-state index contributed by atoms with van der Waals surface area (Å²) in [6, 6.07) is 6.92. The van der Waals surface area contributed by atoms with Crippen LogP contribution in [-0.2, 0) is 5.41 Å². The summed E-state index contributed by atoms with van der Waals surface area (Å²) in [4.78, 5) is 17.6. The van der Waals surface area contributed by atoms with Crippen LogP contribution in [0.25, 0.3) is 10.9 Å². The van der Waals surface area contributed by atoms with Gasteiger partial charge >= 0.3 is 0 Å². The molecule has 2 N–H and O–H groups in total. The number of aryl methyl sites for hydroxylation is 1. The molecule has 2 aromatic rings. The van der Waals surface area contributed by atoms with Crippen LogP contribution in [0, 0.1) is 6.92 Å². The summed E-state index contributed by atoms with van der Waals surface area (Å²) in [6.45, 7) is 9.43. The van der Waals surface area contributed by atoms with Crippen molar-refractivity contribution in [1.29, 1.82) is 0 Å². The lowest BCUT2D eigenvalue weighted by atomic mass is 9.83. The fraction of sp³-hybridized carbons (Fsp3) is 0.545. The van der Waals surface area contributed by atoms with Gasteiger partial charge in [0, 0.05) is 32.5 Å². The van der Waals surface area contributed by atoms with Gasteiger partial charge in [0.15, 0.2) is 0 Å². The van der Waals surface area contributed by atoms with Crippen molar-refractivity contribution in [3.8, 4) is 0 Å². The van der Waals surface area contributed by atoms with Gasteiger partial charge in [0.1, 0.15) is 5.69 Å². The molecule has 1 atom stereocenters. The Morgan fingerprint density at radius 2 is 2.11 bits per heavy atom. The molecule has 1 amide bonds. The molecule has 0 bridgehead atoms. The molecule has 2 fully saturated rings. The van der Waals surface area contributed by atoms with Gasteiger partial charge in [-0.2, -0.15) is 0 Å². The van der Waals surface area contributed by atoms with E-state index in [4.69, 9.17) is 4.98 Å². The van der Waals surface area contributed by atoms with E-state index in [-0.39, 0.29) is 14.2 Å². The van der Waals surface area contributed by atoms with Crippen LogP contribution in [-0.4, -0.2) is 35.1 Å². The Balaban J connectivity index is 0.00000150. The van der Waals surface area contributed by atoms with Gasteiger partial charge in [-0.05, 0) is 59.9 Å². The normalized spacial score (nSPS) is 20.2. The fourth-order valence-corrected chi connectivity index (χ4v) is 4.72. The highest BCUT2D eigenvalue weighted by atomic mass is 32.2. The average Bonchev–Trinajstić information content (AvgIpc) is 3.34. The van der Waals surface area contributed by atoms with Crippen LogP contribution < -0.4 is 10.6 Å². The van der Waals surface area contributed by atoms with Crippen LogP contribution in [0.5, 0.6) is 0 Å². The predicted octanol–water partition coefficient (Wildman–Crippen LogP) is 4.60. The summed E-state index contributed by atoms with van der Waals surface area (Å²) in [5.74, 6) is 2.63. The summed E-state index contributed by atoms with van der Waals surface area (Å²) in [6.07, 6.45) is 2.57. The standard InChI is InChI=1S/C22H29N3OS.2H2/c1-13-7-19(21(26)23-10-16-11-27-12-24-16)25-20-17(13)8-15(14-5-6-14)9-18(20)22(2,3)4;;/h7-9,14,16,24H,5-6,10-12H2,1-4H3,(H,23,26);2*1H/t16-;;/m1../s1. The number of hydrogen-bond acceptors (Lipinski definition) is 4. The van der Waals surface area contributed by atoms with E-state index in [1.807, 2.05) is 17.8 Å². The van der Waals surface area contributed by atoms with E-state index in [0.29, 0.717) is 24.2 Å². The number of amides is 1. The Labute approximate surface area is 168 Å². The molecule has 27 heavy (non-hydrogen) atoms. The third-order valence-corrected chi connectivity index (χ3v) is 6.54. The van der Waals surface area contributed by atoms with Crippen molar-refractivity contribution in [2.75, 3.05) is 18.2 Å². The van der Waals surface area contributed by atoms with Crippen molar-refractivity contribution >= 4 is 28.6 Å². The van der Waals surface area contributed by atoms with E-state index < -0.39 is 0 Å². The highest BCUT2D eigenvalue weighted by Crippen LogP contribution is 2.43. The molecular weight excluding hydrogens is 354 g/mol. The first kappa shape index (κ1) is 18.8. The zero-order valence-electron chi connectivity index (χ0n) is 16.7. The van der Waals surface area contributed by atoms with Gasteiger partial charge in [-0.3, -0.25) is 4.79 Å². The molecule has 1 aromatic heterocycles. The first-order chi connectivity index (χ1) is 12.8. The van der Waals surface area contributed by atoms with Gasteiger partial charge in [0.05, 0.1) is 5.52 Å². The summed E-state index contributed by atoms with van der Waals surface area (Å²) < 4.78 is 0. The predicted molar refractivity (Wildman–Crippen MR) is 118 cm³/mol. The van der Waals surface area contributed by atoms with Gasteiger partial charge in [-0.15, -0.1) is 11.8 Å². The number of aromatic nitrogens is 1. The molecule has 2 aliphatic rings. The van der Waals surface area contributed by atoms with Crippen LogP contribution in [0.1, 0.15) is 69.6 Å². The molecule has 0 radical (unpaired) electrons. The summed E-state index contributed by atoms with van der Waals surface area (Å²) in [5, 5.41) is 7.63. The smallest absolute Gasteiger partial charge is 0.269 e. The second-order valence-electron chi connectivity index (χ2n) is 8.94. The molecule has 148 valence electrons. The van der Waals surface area contributed by atoms with Crippen LogP contribution in [0.15, 0.2) is 18.2 Å². The molecule has 2 heterocycles. The number of carbonyl (C=O) groups excluding carboxylic acids is 1. The monoisotopic (exact) mass is 387 g/mol. The number of nitrogens with one attached hydrogen (secondary N) is 2. The number of pyridine rings is 1. The van der Waals surface area contributed by atoms with Gasteiger partial charge in [0.25, 0.3) is 5.91 Å². The number of fused-ring (bicyclic) bond motifs is 1. The van der Waals surface area contributed by atoms with Gasteiger partial charge in [-0.25, -0.2) is 4.98 Å². The van der Waals surface area contributed by atoms with Crippen LogP contribution >= 0.6 is 11.8 Å². The number of benzene rings is 1. The average molecular weight is 388 g/mol. The fourth-order valence-electron chi connectivity index (χ4n) is 3.73. The quantitative estimate of drug-likeness (QED) is 0.805. The van der Waals surface area contributed by atoms with Crippen LogP contribution in [0.2, 0.25) is 0 Å². The molecule has 0 spiro atoms. The lowest BCUT2D eigenvalue weighted by Gasteiger charge is -2.23. The third kappa shape index (κ3) is 3.99. The molecule has 1 saturated carbocycles. The molecule has 1 aliphatic carbocycles. The molecule has 0 unspecified atom stereocenters. The maximum absolute atomic E-state index is 12.7. The van der Waals surface area contributed by atoms with Crippen LogP contribution in [0.3, 0.4) is 0 Å². The number of nitrogens with zero attached hydrogens (tertiary/aromatic N) is 1. The SMILES string of the molecule is Cc1cc(C(=O)NC[C@@H]2CSCN2)nc2c(C(C)(C)C)cc(C3CC3)cc12.[HH].[HH]. The first-order valence-corrected chi connectivity index (χ1v) is 11.0. The number of carbonyl (C=O) groups is 1. The molecule has 5 heteroatoms. The highest BCUT2D eigenvalue weighted by molar-refractivity contribution is 7.99. The maximum Gasteiger partial charge on any atom is 0.269 e. The maximum atomic E-state index is 12.7. The molecule has 1 saturated heterocycles. The minimum Gasteiger partial charge on any atom is -0.349 e. The Bertz CT molecular complexity index is 888. The molecular formula is C22H33N3OS. The Morgan fingerprint density at radius 1 is 1.33 bits per heavy atom. The van der Waals surface area contributed by atoms with Crippen molar-refractivity contribution in [1.82, 2.24) is 15.6 Å². The third-order valence-electron chi connectivity index (χ3n) is 5.53. The van der Waals surface area contributed by atoms with Crippen molar-refractivity contribution in [2.24, 2.45) is 0 Å². The minimum absolute atomic E-state index is 0. The lowest BCUT2D eigenvalue weighted by Crippen LogP contribution is -2.38. The van der Waals surface area contributed by atoms with Crippen molar-refractivity contribution < 1.29 is 7.65 Å². The Hall–Kier alpha value is -1.59. The van der Waals surface area contributed by atoms with E-state index in [0.717, 1.165) is 22.7 Å². The number of rotatable bonds is 4. The van der Waals surface area contributed by atoms with Crippen molar-refractivity contribution in [3.63, 3.8) is 0 Å². The molecule has 1 aliphatic heterocycles. The summed E-state index contributed by atoms with van der Waals surface area (Å²) >= 11 is 1.87. The molecule has 4 rings (SSSR count).